The molecule has 2 heterocycles. The summed E-state index contributed by atoms with van der Waals surface area (Å²) in [6.07, 6.45) is 12.8. The summed E-state index contributed by atoms with van der Waals surface area (Å²) in [5, 5.41) is 15.9. The van der Waals surface area contributed by atoms with E-state index in [-0.39, 0.29) is 12.3 Å². The first kappa shape index (κ1) is 24.5. The summed E-state index contributed by atoms with van der Waals surface area (Å²) < 4.78 is 2.04. The number of carboxylic acids is 1. The molecule has 3 aromatic rings. The van der Waals surface area contributed by atoms with E-state index in [4.69, 9.17) is 0 Å². The molecule has 184 valence electrons. The molecule has 1 atom stereocenters. The van der Waals surface area contributed by atoms with E-state index in [2.05, 4.69) is 33.9 Å². The van der Waals surface area contributed by atoms with Crippen LogP contribution >= 0.6 is 0 Å². The van der Waals surface area contributed by atoms with Gasteiger partial charge in [0.2, 0.25) is 5.91 Å². The van der Waals surface area contributed by atoms with Gasteiger partial charge in [0.05, 0.1) is 5.69 Å². The number of anilines is 1. The molecule has 35 heavy (non-hydrogen) atoms. The van der Waals surface area contributed by atoms with Gasteiger partial charge >= 0.3 is 5.97 Å². The third-order valence-corrected chi connectivity index (χ3v) is 6.91. The van der Waals surface area contributed by atoms with Crippen molar-refractivity contribution in [2.45, 2.75) is 65.0 Å². The molecule has 1 aliphatic rings. The van der Waals surface area contributed by atoms with Crippen molar-refractivity contribution in [2.24, 2.45) is 5.41 Å². The SMILES string of the molecule is Cc1cncc(NCc2ccn(-c3ccc(C[C@H](NC(=O)C4(C)CCCCC4)C(=O)O)cc3)c2)c1. The fourth-order valence-electron chi connectivity index (χ4n) is 4.69. The number of nitrogens with one attached hydrogen (secondary N) is 2. The van der Waals surface area contributed by atoms with Gasteiger partial charge in [0.25, 0.3) is 0 Å². The summed E-state index contributed by atoms with van der Waals surface area (Å²) >= 11 is 0. The lowest BCUT2D eigenvalue weighted by atomic mass is 9.75. The summed E-state index contributed by atoms with van der Waals surface area (Å²) in [6.45, 7) is 4.66. The zero-order valence-electron chi connectivity index (χ0n) is 20.5. The molecule has 0 spiro atoms. The monoisotopic (exact) mass is 474 g/mol. The van der Waals surface area contributed by atoms with Gasteiger partial charge in [-0.25, -0.2) is 4.79 Å². The van der Waals surface area contributed by atoms with Gasteiger partial charge in [0.1, 0.15) is 6.04 Å². The van der Waals surface area contributed by atoms with Gasteiger partial charge in [-0.05, 0) is 60.7 Å². The third kappa shape index (κ3) is 6.29. The topological polar surface area (TPSA) is 96.3 Å². The molecule has 7 nitrogen and oxygen atoms in total. The second-order valence-electron chi connectivity index (χ2n) is 9.89. The smallest absolute Gasteiger partial charge is 0.326 e. The highest BCUT2D eigenvalue weighted by Gasteiger charge is 2.36. The van der Waals surface area contributed by atoms with Crippen LogP contribution in [-0.2, 0) is 22.6 Å². The van der Waals surface area contributed by atoms with Gasteiger partial charge in [-0.1, -0.05) is 38.3 Å². The molecule has 1 saturated carbocycles. The molecule has 3 N–H and O–H groups in total. The normalized spacial score (nSPS) is 15.8. The van der Waals surface area contributed by atoms with Crippen molar-refractivity contribution in [3.63, 3.8) is 0 Å². The van der Waals surface area contributed by atoms with E-state index in [9.17, 15) is 14.7 Å². The Balaban J connectivity index is 1.36. The van der Waals surface area contributed by atoms with Gasteiger partial charge in [-0.15, -0.1) is 0 Å². The van der Waals surface area contributed by atoms with Gasteiger partial charge in [0, 0.05) is 48.9 Å². The van der Waals surface area contributed by atoms with Crippen molar-refractivity contribution in [3.05, 3.63) is 77.9 Å². The van der Waals surface area contributed by atoms with Crippen LogP contribution < -0.4 is 10.6 Å². The molecule has 0 unspecified atom stereocenters. The van der Waals surface area contributed by atoms with Crippen LogP contribution in [0.4, 0.5) is 5.69 Å². The minimum absolute atomic E-state index is 0.142. The van der Waals surface area contributed by atoms with Crippen LogP contribution in [0, 0.1) is 12.3 Å². The molecule has 0 saturated heterocycles. The van der Waals surface area contributed by atoms with Crippen LogP contribution in [0.25, 0.3) is 5.69 Å². The van der Waals surface area contributed by atoms with E-state index in [1.807, 2.05) is 61.3 Å². The van der Waals surface area contributed by atoms with Crippen LogP contribution in [0.3, 0.4) is 0 Å². The predicted octanol–water partition coefficient (Wildman–Crippen LogP) is 4.88. The first-order valence-electron chi connectivity index (χ1n) is 12.3. The number of aromatic nitrogens is 2. The maximum Gasteiger partial charge on any atom is 0.326 e. The molecule has 0 aliphatic heterocycles. The maximum absolute atomic E-state index is 12.8. The second kappa shape index (κ2) is 10.8. The minimum atomic E-state index is -1.01. The summed E-state index contributed by atoms with van der Waals surface area (Å²) in [4.78, 5) is 28.9. The van der Waals surface area contributed by atoms with E-state index < -0.39 is 17.4 Å². The highest BCUT2D eigenvalue weighted by atomic mass is 16.4. The molecule has 0 radical (unpaired) electrons. The Morgan fingerprint density at radius 1 is 1.09 bits per heavy atom. The summed E-state index contributed by atoms with van der Waals surface area (Å²) in [5.74, 6) is -1.15. The van der Waals surface area contributed by atoms with Gasteiger partial charge in [-0.2, -0.15) is 0 Å². The fourth-order valence-corrected chi connectivity index (χ4v) is 4.69. The zero-order valence-corrected chi connectivity index (χ0v) is 20.5. The summed E-state index contributed by atoms with van der Waals surface area (Å²) in [5.41, 5.74) is 4.63. The summed E-state index contributed by atoms with van der Waals surface area (Å²) in [6, 6.07) is 11.0. The highest BCUT2D eigenvalue weighted by molar-refractivity contribution is 5.87. The van der Waals surface area contributed by atoms with Crippen molar-refractivity contribution in [3.8, 4) is 5.69 Å². The first-order valence-corrected chi connectivity index (χ1v) is 12.3. The Morgan fingerprint density at radius 3 is 2.51 bits per heavy atom. The lowest BCUT2D eigenvalue weighted by Crippen LogP contribution is -2.49. The standard InChI is InChI=1S/C28H34N4O3/c1-20-14-23(18-29-16-20)30-17-22-10-13-32(19-22)24-8-6-21(7-9-24)15-25(26(33)34)31-27(35)28(2)11-4-3-5-12-28/h6-10,13-14,16,18-19,25,30H,3-5,11-12,15,17H2,1-2H3,(H,31,35)(H,33,34)/t25-/m0/s1. The Morgan fingerprint density at radius 2 is 1.83 bits per heavy atom. The average Bonchev–Trinajstić information content (AvgIpc) is 3.32. The number of carbonyl (C=O) groups is 2. The number of hydrogen-bond acceptors (Lipinski definition) is 4. The number of pyridine rings is 1. The number of carboxylic acid groups (broad SMARTS) is 1. The number of aliphatic carboxylic acids is 1. The van der Waals surface area contributed by atoms with Crippen LogP contribution in [0.5, 0.6) is 0 Å². The van der Waals surface area contributed by atoms with E-state index in [1.165, 1.54) is 0 Å². The van der Waals surface area contributed by atoms with Crippen LogP contribution in [0.1, 0.15) is 55.7 Å². The lowest BCUT2D eigenvalue weighted by Gasteiger charge is -2.33. The van der Waals surface area contributed by atoms with Gasteiger partial charge in [0.15, 0.2) is 0 Å². The largest absolute Gasteiger partial charge is 0.480 e. The van der Waals surface area contributed by atoms with Crippen LogP contribution in [-0.4, -0.2) is 32.6 Å². The van der Waals surface area contributed by atoms with Gasteiger partial charge in [-0.3, -0.25) is 9.78 Å². The van der Waals surface area contributed by atoms with Crippen molar-refractivity contribution >= 4 is 17.6 Å². The molecule has 7 heteroatoms. The molecule has 1 fully saturated rings. The minimum Gasteiger partial charge on any atom is -0.480 e. The quantitative estimate of drug-likeness (QED) is 0.411. The third-order valence-electron chi connectivity index (χ3n) is 6.91. The van der Waals surface area contributed by atoms with E-state index >= 15 is 0 Å². The first-order chi connectivity index (χ1) is 16.8. The number of rotatable bonds is 9. The maximum atomic E-state index is 12.8. The number of amides is 1. The molecule has 1 amide bonds. The average molecular weight is 475 g/mol. The number of aryl methyl sites for hydroxylation is 1. The molecule has 4 rings (SSSR count). The predicted molar refractivity (Wildman–Crippen MR) is 137 cm³/mol. The Labute approximate surface area is 206 Å². The Kier molecular flexibility index (Phi) is 7.54. The molecular weight excluding hydrogens is 440 g/mol. The number of carbonyl (C=O) groups excluding carboxylic acids is 1. The lowest BCUT2D eigenvalue weighted by molar-refractivity contribution is -0.144. The van der Waals surface area contributed by atoms with Crippen molar-refractivity contribution in [2.75, 3.05) is 5.32 Å². The zero-order chi connectivity index (χ0) is 24.8. The summed E-state index contributed by atoms with van der Waals surface area (Å²) in [7, 11) is 0. The Hall–Kier alpha value is -3.61. The van der Waals surface area contributed by atoms with E-state index in [0.717, 1.165) is 60.2 Å². The number of nitrogens with zero attached hydrogens (tertiary/aromatic N) is 2. The van der Waals surface area contributed by atoms with Crippen LogP contribution in [0.15, 0.2) is 61.2 Å². The molecule has 1 aliphatic carbocycles. The fraction of sp³-hybridized carbons (Fsp3) is 0.393. The van der Waals surface area contributed by atoms with E-state index in [1.54, 1.807) is 0 Å². The van der Waals surface area contributed by atoms with Crippen LogP contribution in [0.2, 0.25) is 0 Å². The molecule has 2 aromatic heterocycles. The molecular formula is C28H34N4O3. The van der Waals surface area contributed by atoms with E-state index in [0.29, 0.717) is 6.54 Å². The van der Waals surface area contributed by atoms with Gasteiger partial charge < -0.3 is 20.3 Å². The Bertz CT molecular complexity index is 1160. The van der Waals surface area contributed by atoms with Crippen molar-refractivity contribution in [1.29, 1.82) is 0 Å². The second-order valence-corrected chi connectivity index (χ2v) is 9.89. The number of benzene rings is 1. The highest BCUT2D eigenvalue weighted by Crippen LogP contribution is 2.36. The molecule has 1 aromatic carbocycles. The van der Waals surface area contributed by atoms with Crippen molar-refractivity contribution < 1.29 is 14.7 Å². The van der Waals surface area contributed by atoms with Crippen molar-refractivity contribution in [1.82, 2.24) is 14.9 Å². The number of hydrogen-bond donors (Lipinski definition) is 3. The molecule has 0 bridgehead atoms.